The van der Waals surface area contributed by atoms with Crippen LogP contribution in [0, 0.1) is 0 Å². The van der Waals surface area contributed by atoms with Gasteiger partial charge in [-0.1, -0.05) is 49.4 Å². The van der Waals surface area contributed by atoms with Crippen molar-refractivity contribution in [2.24, 2.45) is 5.10 Å². The van der Waals surface area contributed by atoms with Crippen LogP contribution >= 0.6 is 0 Å². The number of hydrogen-bond donors (Lipinski definition) is 1. The molecule has 0 saturated carbocycles. The second-order valence-electron chi connectivity index (χ2n) is 4.90. The van der Waals surface area contributed by atoms with Gasteiger partial charge in [-0.25, -0.2) is 5.43 Å². The molecule has 0 aromatic heterocycles. The van der Waals surface area contributed by atoms with Crippen LogP contribution in [0.25, 0.3) is 0 Å². The molecule has 1 N–H and O–H groups in total. The Kier molecular flexibility index (Phi) is 5.72. The van der Waals surface area contributed by atoms with Gasteiger partial charge in [-0.05, 0) is 36.6 Å². The molecule has 114 valence electrons. The SMILES string of the molecule is CCc1ccc(C=NNC(=O)C(C)Oc2ccccc2)cc1. The quantitative estimate of drug-likeness (QED) is 0.657. The summed E-state index contributed by atoms with van der Waals surface area (Å²) in [4.78, 5) is 11.9. The number of nitrogens with one attached hydrogen (secondary N) is 1. The van der Waals surface area contributed by atoms with Crippen LogP contribution in [0.15, 0.2) is 59.7 Å². The van der Waals surface area contributed by atoms with Crippen LogP contribution in [0.3, 0.4) is 0 Å². The Hall–Kier alpha value is -2.62. The van der Waals surface area contributed by atoms with Crippen LogP contribution in [0.4, 0.5) is 0 Å². The Bertz CT molecular complexity index is 621. The number of hydrogen-bond acceptors (Lipinski definition) is 3. The van der Waals surface area contributed by atoms with Crippen LogP contribution in [0.5, 0.6) is 5.75 Å². The van der Waals surface area contributed by atoms with E-state index in [-0.39, 0.29) is 5.91 Å². The molecule has 1 amide bonds. The molecule has 1 unspecified atom stereocenters. The first-order valence-electron chi connectivity index (χ1n) is 7.32. The number of carbonyl (C=O) groups is 1. The number of nitrogens with zero attached hydrogens (tertiary/aromatic N) is 1. The van der Waals surface area contributed by atoms with Gasteiger partial charge in [-0.15, -0.1) is 0 Å². The van der Waals surface area contributed by atoms with Crippen LogP contribution in [-0.4, -0.2) is 18.2 Å². The van der Waals surface area contributed by atoms with Crippen LogP contribution in [0.2, 0.25) is 0 Å². The van der Waals surface area contributed by atoms with E-state index in [1.54, 1.807) is 13.1 Å². The summed E-state index contributed by atoms with van der Waals surface area (Å²) in [5.74, 6) is 0.370. The molecule has 0 saturated heterocycles. The third kappa shape index (κ3) is 4.74. The lowest BCUT2D eigenvalue weighted by molar-refractivity contribution is -0.127. The molecule has 0 aliphatic rings. The van der Waals surface area contributed by atoms with Gasteiger partial charge < -0.3 is 4.74 Å². The van der Waals surface area contributed by atoms with E-state index in [1.807, 2.05) is 54.6 Å². The van der Waals surface area contributed by atoms with Gasteiger partial charge in [0.25, 0.3) is 5.91 Å². The summed E-state index contributed by atoms with van der Waals surface area (Å²) < 4.78 is 5.52. The number of amides is 1. The number of aryl methyl sites for hydroxylation is 1. The summed E-state index contributed by atoms with van der Waals surface area (Å²) in [6.07, 6.45) is 2.01. The predicted molar refractivity (Wildman–Crippen MR) is 88.1 cm³/mol. The highest BCUT2D eigenvalue weighted by Crippen LogP contribution is 2.10. The predicted octanol–water partition coefficient (Wildman–Crippen LogP) is 3.17. The maximum absolute atomic E-state index is 11.9. The van der Waals surface area contributed by atoms with E-state index < -0.39 is 6.10 Å². The van der Waals surface area contributed by atoms with E-state index in [4.69, 9.17) is 4.74 Å². The minimum Gasteiger partial charge on any atom is -0.481 e. The van der Waals surface area contributed by atoms with Crippen molar-refractivity contribution in [3.8, 4) is 5.75 Å². The van der Waals surface area contributed by atoms with Crippen molar-refractivity contribution in [2.75, 3.05) is 0 Å². The second kappa shape index (κ2) is 7.98. The minimum absolute atomic E-state index is 0.287. The molecule has 1 atom stereocenters. The van der Waals surface area contributed by atoms with Crippen molar-refractivity contribution >= 4 is 12.1 Å². The third-order valence-electron chi connectivity index (χ3n) is 3.20. The molecule has 0 aliphatic heterocycles. The summed E-state index contributed by atoms with van der Waals surface area (Å²) in [7, 11) is 0. The van der Waals surface area contributed by atoms with Gasteiger partial charge in [0.05, 0.1) is 6.21 Å². The van der Waals surface area contributed by atoms with Crippen LogP contribution in [-0.2, 0) is 11.2 Å². The summed E-state index contributed by atoms with van der Waals surface area (Å²) >= 11 is 0. The normalized spacial score (nSPS) is 12.1. The fraction of sp³-hybridized carbons (Fsp3) is 0.222. The van der Waals surface area contributed by atoms with Crippen molar-refractivity contribution < 1.29 is 9.53 Å². The summed E-state index contributed by atoms with van der Waals surface area (Å²) in [6, 6.07) is 17.3. The van der Waals surface area contributed by atoms with Crippen LogP contribution in [0.1, 0.15) is 25.0 Å². The van der Waals surface area contributed by atoms with Gasteiger partial charge in [0, 0.05) is 0 Å². The van der Waals surface area contributed by atoms with Crippen molar-refractivity contribution in [3.63, 3.8) is 0 Å². The number of ether oxygens (including phenoxy) is 1. The Balaban J connectivity index is 1.84. The molecule has 0 spiro atoms. The van der Waals surface area contributed by atoms with Crippen LogP contribution < -0.4 is 10.2 Å². The highest BCUT2D eigenvalue weighted by atomic mass is 16.5. The summed E-state index contributed by atoms with van der Waals surface area (Å²) in [6.45, 7) is 3.80. The molecule has 0 aliphatic carbocycles. The topological polar surface area (TPSA) is 50.7 Å². The average molecular weight is 296 g/mol. The molecule has 4 heteroatoms. The maximum atomic E-state index is 11.9. The third-order valence-corrected chi connectivity index (χ3v) is 3.20. The van der Waals surface area contributed by atoms with Gasteiger partial charge in [-0.3, -0.25) is 4.79 Å². The number of hydrazone groups is 1. The molecule has 22 heavy (non-hydrogen) atoms. The molecule has 0 radical (unpaired) electrons. The number of benzene rings is 2. The van der Waals surface area contributed by atoms with Gasteiger partial charge in [0.1, 0.15) is 5.75 Å². The smallest absolute Gasteiger partial charge is 0.280 e. The number of rotatable bonds is 6. The van der Waals surface area contributed by atoms with Gasteiger partial charge >= 0.3 is 0 Å². The Morgan fingerprint density at radius 3 is 2.50 bits per heavy atom. The van der Waals surface area contributed by atoms with E-state index in [0.29, 0.717) is 5.75 Å². The molecule has 4 nitrogen and oxygen atoms in total. The van der Waals surface area contributed by atoms with Crippen molar-refractivity contribution in [3.05, 3.63) is 65.7 Å². The Morgan fingerprint density at radius 2 is 1.86 bits per heavy atom. The minimum atomic E-state index is -0.609. The maximum Gasteiger partial charge on any atom is 0.280 e. The monoisotopic (exact) mass is 296 g/mol. The average Bonchev–Trinajstić information content (AvgIpc) is 2.56. The highest BCUT2D eigenvalue weighted by Gasteiger charge is 2.13. The molecule has 2 rings (SSSR count). The fourth-order valence-corrected chi connectivity index (χ4v) is 1.86. The standard InChI is InChI=1S/C18H20N2O2/c1-3-15-9-11-16(12-10-15)13-19-20-18(21)14(2)22-17-7-5-4-6-8-17/h4-14H,3H2,1-2H3,(H,20,21). The zero-order chi connectivity index (χ0) is 15.8. The first-order valence-corrected chi connectivity index (χ1v) is 7.32. The largest absolute Gasteiger partial charge is 0.481 e. The van der Waals surface area contributed by atoms with Gasteiger partial charge in [-0.2, -0.15) is 5.10 Å². The zero-order valence-electron chi connectivity index (χ0n) is 12.8. The molecule has 0 bridgehead atoms. The molecular formula is C18H20N2O2. The lowest BCUT2D eigenvalue weighted by Gasteiger charge is -2.12. The van der Waals surface area contributed by atoms with E-state index in [0.717, 1.165) is 12.0 Å². The summed E-state index contributed by atoms with van der Waals surface area (Å²) in [5.41, 5.74) is 4.69. The second-order valence-corrected chi connectivity index (χ2v) is 4.90. The Labute approximate surface area is 130 Å². The summed E-state index contributed by atoms with van der Waals surface area (Å²) in [5, 5.41) is 3.96. The van der Waals surface area contributed by atoms with E-state index >= 15 is 0 Å². The van der Waals surface area contributed by atoms with Gasteiger partial charge in [0.15, 0.2) is 6.10 Å². The number of carbonyl (C=O) groups excluding carboxylic acids is 1. The Morgan fingerprint density at radius 1 is 1.18 bits per heavy atom. The first kappa shape index (κ1) is 15.8. The van der Waals surface area contributed by atoms with E-state index in [9.17, 15) is 4.79 Å². The van der Waals surface area contributed by atoms with Gasteiger partial charge in [0.2, 0.25) is 0 Å². The van der Waals surface area contributed by atoms with Crippen molar-refractivity contribution in [2.45, 2.75) is 26.4 Å². The first-order chi connectivity index (χ1) is 10.7. The molecule has 2 aromatic carbocycles. The number of para-hydroxylation sites is 1. The highest BCUT2D eigenvalue weighted by molar-refractivity contribution is 5.84. The lowest BCUT2D eigenvalue weighted by atomic mass is 10.1. The van der Waals surface area contributed by atoms with Crippen molar-refractivity contribution in [1.29, 1.82) is 0 Å². The van der Waals surface area contributed by atoms with E-state index in [1.165, 1.54) is 5.56 Å². The van der Waals surface area contributed by atoms with E-state index in [2.05, 4.69) is 17.5 Å². The zero-order valence-corrected chi connectivity index (χ0v) is 12.8. The molecule has 2 aromatic rings. The molecular weight excluding hydrogens is 276 g/mol. The fourth-order valence-electron chi connectivity index (χ4n) is 1.86. The molecule has 0 fully saturated rings. The molecule has 0 heterocycles. The lowest BCUT2D eigenvalue weighted by Crippen LogP contribution is -2.33. The van der Waals surface area contributed by atoms with Crippen molar-refractivity contribution in [1.82, 2.24) is 5.43 Å².